The first-order chi connectivity index (χ1) is 13.2. The van der Waals surface area contributed by atoms with Crippen molar-refractivity contribution in [3.63, 3.8) is 0 Å². The van der Waals surface area contributed by atoms with Crippen LogP contribution in [0.2, 0.25) is 0 Å². The van der Waals surface area contributed by atoms with Gasteiger partial charge in [0.2, 0.25) is 0 Å². The maximum Gasteiger partial charge on any atom is 0.315 e. The molecule has 5 nitrogen and oxygen atoms in total. The first kappa shape index (κ1) is 20.2. The molecule has 2 N–H and O–H groups in total. The van der Waals surface area contributed by atoms with Gasteiger partial charge in [-0.2, -0.15) is 0 Å². The molecule has 3 rings (SSSR count). The number of likely N-dealkylation sites (tertiary alicyclic amines) is 1. The second kappa shape index (κ2) is 10.7. The van der Waals surface area contributed by atoms with Gasteiger partial charge in [-0.1, -0.05) is 44.0 Å². The highest BCUT2D eigenvalue weighted by molar-refractivity contribution is 5.73. The highest BCUT2D eigenvalue weighted by atomic mass is 16.5. The van der Waals surface area contributed by atoms with E-state index in [1.54, 1.807) is 0 Å². The number of nitrogens with zero attached hydrogens (tertiary/aromatic N) is 1. The number of rotatable bonds is 8. The molecule has 1 saturated carbocycles. The topological polar surface area (TPSA) is 53.6 Å². The van der Waals surface area contributed by atoms with Crippen LogP contribution >= 0.6 is 0 Å². The van der Waals surface area contributed by atoms with Gasteiger partial charge in [0, 0.05) is 19.6 Å². The predicted molar refractivity (Wildman–Crippen MR) is 109 cm³/mol. The molecule has 0 aromatic heterocycles. The molecule has 1 heterocycles. The number of amides is 2. The molecular weight excluding hydrogens is 338 g/mol. The summed E-state index contributed by atoms with van der Waals surface area (Å²) in [5.74, 6) is 0.639. The van der Waals surface area contributed by atoms with E-state index >= 15 is 0 Å². The molecule has 0 radical (unpaired) electrons. The Balaban J connectivity index is 1.35. The third-order valence-corrected chi connectivity index (χ3v) is 5.90. The standard InChI is InChI=1S/C22H35N3O2/c1-18-8-2-5-11-21(18)27-15-12-23-22(26)24-16-19-9-3-4-10-20(19)17-25-13-6-7-14-25/h3-4,9-10,18,21H,2,5-8,11-17H2,1H3,(H2,23,24,26). The SMILES string of the molecule is CC1CCCCC1OCCNC(=O)NCc1ccccc1CN1CCCC1. The monoisotopic (exact) mass is 373 g/mol. The van der Waals surface area contributed by atoms with Gasteiger partial charge in [-0.3, -0.25) is 4.90 Å². The van der Waals surface area contributed by atoms with Crippen molar-refractivity contribution in [1.82, 2.24) is 15.5 Å². The highest BCUT2D eigenvalue weighted by Gasteiger charge is 2.21. The van der Waals surface area contributed by atoms with Crippen molar-refractivity contribution in [3.05, 3.63) is 35.4 Å². The molecule has 1 aliphatic carbocycles. The van der Waals surface area contributed by atoms with Crippen LogP contribution in [0.1, 0.15) is 56.6 Å². The van der Waals surface area contributed by atoms with Crippen molar-refractivity contribution in [1.29, 1.82) is 0 Å². The lowest BCUT2D eigenvalue weighted by atomic mass is 9.88. The summed E-state index contributed by atoms with van der Waals surface area (Å²) < 4.78 is 5.95. The van der Waals surface area contributed by atoms with E-state index in [0.29, 0.717) is 31.7 Å². The van der Waals surface area contributed by atoms with E-state index in [2.05, 4.69) is 40.7 Å². The number of carbonyl (C=O) groups excluding carboxylic acids is 1. The van der Waals surface area contributed by atoms with Crippen molar-refractivity contribution in [3.8, 4) is 0 Å². The van der Waals surface area contributed by atoms with Crippen LogP contribution in [-0.2, 0) is 17.8 Å². The number of hydrogen-bond donors (Lipinski definition) is 2. The van der Waals surface area contributed by atoms with Gasteiger partial charge in [-0.15, -0.1) is 0 Å². The van der Waals surface area contributed by atoms with E-state index in [1.807, 2.05) is 6.07 Å². The Labute approximate surface area is 163 Å². The van der Waals surface area contributed by atoms with Crippen LogP contribution in [0.5, 0.6) is 0 Å². The van der Waals surface area contributed by atoms with E-state index < -0.39 is 0 Å². The first-order valence-corrected chi connectivity index (χ1v) is 10.6. The van der Waals surface area contributed by atoms with Crippen LogP contribution in [0.15, 0.2) is 24.3 Å². The van der Waals surface area contributed by atoms with Crippen molar-refractivity contribution >= 4 is 6.03 Å². The Kier molecular flexibility index (Phi) is 7.96. The zero-order valence-electron chi connectivity index (χ0n) is 16.7. The van der Waals surface area contributed by atoms with Crippen LogP contribution in [0, 0.1) is 5.92 Å². The lowest BCUT2D eigenvalue weighted by Crippen LogP contribution is -2.38. The Bertz CT molecular complexity index is 587. The van der Waals surface area contributed by atoms with E-state index in [4.69, 9.17) is 4.74 Å². The molecule has 2 atom stereocenters. The summed E-state index contributed by atoms with van der Waals surface area (Å²) in [7, 11) is 0. The number of nitrogens with one attached hydrogen (secondary N) is 2. The van der Waals surface area contributed by atoms with Gasteiger partial charge in [0.1, 0.15) is 0 Å². The molecule has 5 heteroatoms. The molecule has 2 amide bonds. The number of carbonyl (C=O) groups is 1. The van der Waals surface area contributed by atoms with Gasteiger partial charge < -0.3 is 15.4 Å². The number of benzene rings is 1. The zero-order valence-corrected chi connectivity index (χ0v) is 16.7. The molecular formula is C22H35N3O2. The molecule has 2 aliphatic rings. The van der Waals surface area contributed by atoms with E-state index in [-0.39, 0.29) is 6.03 Å². The second-order valence-corrected chi connectivity index (χ2v) is 8.03. The highest BCUT2D eigenvalue weighted by Crippen LogP contribution is 2.26. The summed E-state index contributed by atoms with van der Waals surface area (Å²) in [6, 6.07) is 8.29. The zero-order chi connectivity index (χ0) is 18.9. The fourth-order valence-electron chi connectivity index (χ4n) is 4.21. The van der Waals surface area contributed by atoms with Gasteiger partial charge in [0.05, 0.1) is 12.7 Å². The van der Waals surface area contributed by atoms with Crippen molar-refractivity contribution in [2.45, 2.75) is 64.6 Å². The number of hydrogen-bond acceptors (Lipinski definition) is 3. The lowest BCUT2D eigenvalue weighted by Gasteiger charge is -2.28. The average Bonchev–Trinajstić information content (AvgIpc) is 3.19. The summed E-state index contributed by atoms with van der Waals surface area (Å²) in [5.41, 5.74) is 2.51. The van der Waals surface area contributed by atoms with Gasteiger partial charge in [-0.05, 0) is 55.8 Å². The molecule has 2 unspecified atom stereocenters. The summed E-state index contributed by atoms with van der Waals surface area (Å²) in [5, 5.41) is 5.90. The van der Waals surface area contributed by atoms with Crippen LogP contribution in [0.4, 0.5) is 4.79 Å². The van der Waals surface area contributed by atoms with E-state index in [9.17, 15) is 4.79 Å². The minimum atomic E-state index is -0.119. The van der Waals surface area contributed by atoms with Crippen molar-refractivity contribution < 1.29 is 9.53 Å². The Morgan fingerprint density at radius 2 is 1.81 bits per heavy atom. The molecule has 0 bridgehead atoms. The van der Waals surface area contributed by atoms with Gasteiger partial charge >= 0.3 is 6.03 Å². The largest absolute Gasteiger partial charge is 0.376 e. The normalized spacial score (nSPS) is 23.3. The maximum absolute atomic E-state index is 12.1. The molecule has 0 spiro atoms. The van der Waals surface area contributed by atoms with Crippen LogP contribution in [-0.4, -0.2) is 43.3 Å². The molecule has 150 valence electrons. The second-order valence-electron chi connectivity index (χ2n) is 8.03. The average molecular weight is 374 g/mol. The van der Waals surface area contributed by atoms with Gasteiger partial charge in [0.25, 0.3) is 0 Å². The van der Waals surface area contributed by atoms with Crippen LogP contribution in [0.3, 0.4) is 0 Å². The Hall–Kier alpha value is -1.59. The smallest absolute Gasteiger partial charge is 0.315 e. The molecule has 2 fully saturated rings. The number of urea groups is 1. The Morgan fingerprint density at radius 1 is 1.07 bits per heavy atom. The third-order valence-electron chi connectivity index (χ3n) is 5.90. The lowest BCUT2D eigenvalue weighted by molar-refractivity contribution is -0.00243. The molecule has 1 saturated heterocycles. The van der Waals surface area contributed by atoms with E-state index in [0.717, 1.165) is 13.0 Å². The summed E-state index contributed by atoms with van der Waals surface area (Å²) >= 11 is 0. The molecule has 27 heavy (non-hydrogen) atoms. The summed E-state index contributed by atoms with van der Waals surface area (Å²) in [6.45, 7) is 7.33. The maximum atomic E-state index is 12.1. The number of ether oxygens (including phenoxy) is 1. The fourth-order valence-corrected chi connectivity index (χ4v) is 4.21. The van der Waals surface area contributed by atoms with Gasteiger partial charge in [0.15, 0.2) is 0 Å². The minimum Gasteiger partial charge on any atom is -0.376 e. The Morgan fingerprint density at radius 3 is 2.59 bits per heavy atom. The third kappa shape index (κ3) is 6.51. The van der Waals surface area contributed by atoms with Crippen LogP contribution in [0.25, 0.3) is 0 Å². The first-order valence-electron chi connectivity index (χ1n) is 10.6. The van der Waals surface area contributed by atoms with Gasteiger partial charge in [-0.25, -0.2) is 4.79 Å². The summed E-state index contributed by atoms with van der Waals surface area (Å²) in [4.78, 5) is 14.6. The van der Waals surface area contributed by atoms with Crippen molar-refractivity contribution in [2.75, 3.05) is 26.2 Å². The fraction of sp³-hybridized carbons (Fsp3) is 0.682. The minimum absolute atomic E-state index is 0.119. The van der Waals surface area contributed by atoms with Crippen molar-refractivity contribution in [2.24, 2.45) is 5.92 Å². The quantitative estimate of drug-likeness (QED) is 0.684. The van der Waals surface area contributed by atoms with E-state index in [1.165, 1.54) is 56.3 Å². The predicted octanol–water partition coefficient (Wildman–Crippen LogP) is 3.68. The molecule has 1 aromatic carbocycles. The summed E-state index contributed by atoms with van der Waals surface area (Å²) in [6.07, 6.45) is 7.95. The molecule has 1 aliphatic heterocycles. The molecule has 1 aromatic rings. The van der Waals surface area contributed by atoms with Crippen LogP contribution < -0.4 is 10.6 Å².